The van der Waals surface area contributed by atoms with Gasteiger partial charge >= 0.3 is 5.97 Å². The van der Waals surface area contributed by atoms with Gasteiger partial charge in [0.1, 0.15) is 10.9 Å². The van der Waals surface area contributed by atoms with Crippen molar-refractivity contribution in [2.75, 3.05) is 0 Å². The van der Waals surface area contributed by atoms with E-state index in [9.17, 15) is 9.59 Å². The molecule has 5 nitrogen and oxygen atoms in total. The molecule has 0 fully saturated rings. The molecule has 0 aliphatic carbocycles. The number of hydrogen-bond acceptors (Lipinski definition) is 4. The summed E-state index contributed by atoms with van der Waals surface area (Å²) >= 11 is 1.24. The summed E-state index contributed by atoms with van der Waals surface area (Å²) in [4.78, 5) is 27.3. The number of carboxylic acid groups (broad SMARTS) is 1. The van der Waals surface area contributed by atoms with Crippen LogP contribution in [0.3, 0.4) is 0 Å². The Kier molecular flexibility index (Phi) is 3.87. The highest BCUT2D eigenvalue weighted by Gasteiger charge is 2.33. The zero-order chi connectivity index (χ0) is 13.2. The molecular formula is C11H16N2O3S. The summed E-state index contributed by atoms with van der Waals surface area (Å²) in [6.07, 6.45) is 1.46. The molecule has 6 heteroatoms. The van der Waals surface area contributed by atoms with Gasteiger partial charge in [0.05, 0.1) is 11.2 Å². The van der Waals surface area contributed by atoms with E-state index in [0.29, 0.717) is 4.88 Å². The SMILES string of the molecule is Cc1ncc(C(=O)N[C@@H](C(=O)O)C(C)(C)C)s1. The van der Waals surface area contributed by atoms with Crippen LogP contribution in [0, 0.1) is 12.3 Å². The minimum Gasteiger partial charge on any atom is -0.480 e. The second kappa shape index (κ2) is 4.83. The van der Waals surface area contributed by atoms with Gasteiger partial charge in [-0.2, -0.15) is 0 Å². The molecule has 1 aromatic heterocycles. The monoisotopic (exact) mass is 256 g/mol. The predicted molar refractivity (Wildman–Crippen MR) is 65.2 cm³/mol. The van der Waals surface area contributed by atoms with E-state index >= 15 is 0 Å². The number of rotatable bonds is 3. The van der Waals surface area contributed by atoms with Crippen LogP contribution >= 0.6 is 11.3 Å². The van der Waals surface area contributed by atoms with Gasteiger partial charge in [-0.25, -0.2) is 9.78 Å². The Balaban J connectivity index is 2.82. The number of carbonyl (C=O) groups is 2. The number of aliphatic carboxylic acids is 1. The van der Waals surface area contributed by atoms with Gasteiger partial charge in [0, 0.05) is 0 Å². The van der Waals surface area contributed by atoms with Gasteiger partial charge in [0.2, 0.25) is 0 Å². The van der Waals surface area contributed by atoms with E-state index in [2.05, 4.69) is 10.3 Å². The molecule has 0 saturated heterocycles. The van der Waals surface area contributed by atoms with Crippen LogP contribution in [0.15, 0.2) is 6.20 Å². The van der Waals surface area contributed by atoms with Crippen LogP contribution in [0.25, 0.3) is 0 Å². The van der Waals surface area contributed by atoms with Crippen molar-refractivity contribution in [2.24, 2.45) is 5.41 Å². The third-order valence-electron chi connectivity index (χ3n) is 2.23. The Morgan fingerprint density at radius 3 is 2.41 bits per heavy atom. The molecule has 0 aliphatic rings. The van der Waals surface area contributed by atoms with Crippen molar-refractivity contribution in [3.05, 3.63) is 16.1 Å². The zero-order valence-electron chi connectivity index (χ0n) is 10.3. The van der Waals surface area contributed by atoms with Crippen molar-refractivity contribution in [1.82, 2.24) is 10.3 Å². The van der Waals surface area contributed by atoms with Crippen molar-refractivity contribution >= 4 is 23.2 Å². The van der Waals surface area contributed by atoms with Gasteiger partial charge in [-0.05, 0) is 12.3 Å². The number of aryl methyl sites for hydroxylation is 1. The predicted octanol–water partition coefficient (Wildman–Crippen LogP) is 1.68. The van der Waals surface area contributed by atoms with Crippen LogP contribution in [-0.4, -0.2) is 28.0 Å². The summed E-state index contributed by atoms with van der Waals surface area (Å²) in [5, 5.41) is 12.4. The van der Waals surface area contributed by atoms with Crippen molar-refractivity contribution in [2.45, 2.75) is 33.7 Å². The summed E-state index contributed by atoms with van der Waals surface area (Å²) in [6.45, 7) is 7.10. The van der Waals surface area contributed by atoms with E-state index in [1.165, 1.54) is 17.5 Å². The molecule has 17 heavy (non-hydrogen) atoms. The molecule has 2 N–H and O–H groups in total. The lowest BCUT2D eigenvalue weighted by Crippen LogP contribution is -2.48. The van der Waals surface area contributed by atoms with E-state index in [1.807, 2.05) is 0 Å². The fourth-order valence-electron chi connectivity index (χ4n) is 1.32. The van der Waals surface area contributed by atoms with Crippen molar-refractivity contribution in [3.8, 4) is 0 Å². The Hall–Kier alpha value is -1.43. The Morgan fingerprint density at radius 1 is 1.47 bits per heavy atom. The minimum atomic E-state index is -1.04. The standard InChI is InChI=1S/C11H16N2O3S/c1-6-12-5-7(17-6)9(14)13-8(10(15)16)11(2,3)4/h5,8H,1-4H3,(H,13,14)(H,15,16)/t8-/m0/s1. The average molecular weight is 256 g/mol. The smallest absolute Gasteiger partial charge is 0.326 e. The van der Waals surface area contributed by atoms with Crippen LogP contribution < -0.4 is 5.32 Å². The molecule has 1 heterocycles. The van der Waals surface area contributed by atoms with E-state index in [-0.39, 0.29) is 0 Å². The maximum Gasteiger partial charge on any atom is 0.326 e. The number of carboxylic acids is 1. The number of carbonyl (C=O) groups excluding carboxylic acids is 1. The van der Waals surface area contributed by atoms with Gasteiger partial charge in [0.25, 0.3) is 5.91 Å². The number of aromatic nitrogens is 1. The highest BCUT2D eigenvalue weighted by atomic mass is 32.1. The number of hydrogen-bond donors (Lipinski definition) is 2. The number of thiazole rings is 1. The first-order valence-corrected chi connectivity index (χ1v) is 5.99. The second-order valence-electron chi connectivity index (χ2n) is 4.85. The van der Waals surface area contributed by atoms with E-state index in [1.54, 1.807) is 27.7 Å². The molecule has 94 valence electrons. The van der Waals surface area contributed by atoms with Gasteiger partial charge in [-0.1, -0.05) is 20.8 Å². The van der Waals surface area contributed by atoms with Crippen LogP contribution in [0.4, 0.5) is 0 Å². The maximum absolute atomic E-state index is 11.8. The van der Waals surface area contributed by atoms with E-state index in [0.717, 1.165) is 5.01 Å². The summed E-state index contributed by atoms with van der Waals surface area (Å²) < 4.78 is 0. The first-order chi connectivity index (χ1) is 7.71. The van der Waals surface area contributed by atoms with Gasteiger partial charge < -0.3 is 10.4 Å². The summed E-state index contributed by atoms with van der Waals surface area (Å²) in [5.41, 5.74) is -0.540. The first kappa shape index (κ1) is 13.6. The highest BCUT2D eigenvalue weighted by molar-refractivity contribution is 7.13. The number of nitrogens with one attached hydrogen (secondary N) is 1. The molecule has 0 aliphatic heterocycles. The Morgan fingerprint density at radius 2 is 2.06 bits per heavy atom. The molecule has 0 radical (unpaired) electrons. The zero-order valence-corrected chi connectivity index (χ0v) is 11.1. The molecule has 0 aromatic carbocycles. The fraction of sp³-hybridized carbons (Fsp3) is 0.545. The molecule has 0 bridgehead atoms. The highest BCUT2D eigenvalue weighted by Crippen LogP contribution is 2.20. The molecule has 0 spiro atoms. The van der Waals surface area contributed by atoms with Crippen LogP contribution in [-0.2, 0) is 4.79 Å². The second-order valence-corrected chi connectivity index (χ2v) is 6.09. The lowest BCUT2D eigenvalue weighted by atomic mass is 9.87. The minimum absolute atomic E-state index is 0.391. The quantitative estimate of drug-likeness (QED) is 0.862. The summed E-state index contributed by atoms with van der Waals surface area (Å²) in [5.74, 6) is -1.43. The van der Waals surface area contributed by atoms with Gasteiger partial charge in [-0.3, -0.25) is 4.79 Å². The molecule has 1 atom stereocenters. The van der Waals surface area contributed by atoms with Crippen molar-refractivity contribution in [3.63, 3.8) is 0 Å². The normalized spacial score (nSPS) is 13.2. The maximum atomic E-state index is 11.8. The van der Waals surface area contributed by atoms with Gasteiger partial charge in [-0.15, -0.1) is 11.3 Å². The molecular weight excluding hydrogens is 240 g/mol. The molecule has 1 amide bonds. The molecule has 1 aromatic rings. The Bertz CT molecular complexity index is 434. The first-order valence-electron chi connectivity index (χ1n) is 5.18. The molecule has 0 saturated carbocycles. The third kappa shape index (κ3) is 3.52. The largest absolute Gasteiger partial charge is 0.480 e. The van der Waals surface area contributed by atoms with Crippen LogP contribution in [0.2, 0.25) is 0 Å². The van der Waals surface area contributed by atoms with Crippen LogP contribution in [0.5, 0.6) is 0 Å². The summed E-state index contributed by atoms with van der Waals surface area (Å²) in [7, 11) is 0. The fourth-order valence-corrected chi connectivity index (χ4v) is 2.00. The van der Waals surface area contributed by atoms with Gasteiger partial charge in [0.15, 0.2) is 0 Å². The van der Waals surface area contributed by atoms with Crippen molar-refractivity contribution in [1.29, 1.82) is 0 Å². The van der Waals surface area contributed by atoms with E-state index in [4.69, 9.17) is 5.11 Å². The van der Waals surface area contributed by atoms with Crippen molar-refractivity contribution < 1.29 is 14.7 Å². The number of amides is 1. The summed E-state index contributed by atoms with van der Waals surface area (Å²) in [6, 6.07) is -0.919. The van der Waals surface area contributed by atoms with Crippen LogP contribution in [0.1, 0.15) is 35.5 Å². The third-order valence-corrected chi connectivity index (χ3v) is 3.15. The topological polar surface area (TPSA) is 79.3 Å². The lowest BCUT2D eigenvalue weighted by molar-refractivity contribution is -0.142. The molecule has 0 unspecified atom stereocenters. The number of nitrogens with zero attached hydrogens (tertiary/aromatic N) is 1. The lowest BCUT2D eigenvalue weighted by Gasteiger charge is -2.27. The van der Waals surface area contributed by atoms with E-state index < -0.39 is 23.3 Å². The molecule has 1 rings (SSSR count). The average Bonchev–Trinajstić information content (AvgIpc) is 2.58. The Labute approximate surface area is 104 Å².